The van der Waals surface area contributed by atoms with Gasteiger partial charge in [0, 0.05) is 31.7 Å². The summed E-state index contributed by atoms with van der Waals surface area (Å²) in [5.74, 6) is 1.22. The number of methoxy groups -OCH3 is 1. The van der Waals surface area contributed by atoms with Crippen LogP contribution in [0.1, 0.15) is 18.4 Å². The second-order valence-electron chi connectivity index (χ2n) is 7.76. The minimum Gasteiger partial charge on any atom is -0.496 e. The van der Waals surface area contributed by atoms with E-state index in [2.05, 4.69) is 10.6 Å². The number of nitrogens with zero attached hydrogens (tertiary/aromatic N) is 2. The van der Waals surface area contributed by atoms with Crippen LogP contribution in [0.5, 0.6) is 5.75 Å². The molecule has 0 aliphatic carbocycles. The van der Waals surface area contributed by atoms with Crippen molar-refractivity contribution in [2.75, 3.05) is 33.3 Å². The maximum Gasteiger partial charge on any atom is 0.243 e. The number of halogens is 1. The zero-order valence-corrected chi connectivity index (χ0v) is 18.3. The number of benzene rings is 2. The molecule has 1 spiro atoms. The molecular formula is C22H27FN4O3S. The third-order valence-electron chi connectivity index (χ3n) is 5.96. The molecule has 2 aliphatic heterocycles. The Kier molecular flexibility index (Phi) is 6.27. The molecule has 31 heavy (non-hydrogen) atoms. The molecule has 9 heteroatoms. The molecule has 2 heterocycles. The van der Waals surface area contributed by atoms with Crippen molar-refractivity contribution >= 4 is 15.9 Å². The van der Waals surface area contributed by atoms with E-state index in [9.17, 15) is 12.8 Å². The topological polar surface area (TPSA) is 83.0 Å². The fourth-order valence-corrected chi connectivity index (χ4v) is 5.67. The van der Waals surface area contributed by atoms with Crippen molar-refractivity contribution in [2.24, 2.45) is 4.99 Å². The third kappa shape index (κ3) is 4.44. The highest BCUT2D eigenvalue weighted by Gasteiger charge is 2.43. The van der Waals surface area contributed by atoms with Crippen LogP contribution < -0.4 is 15.4 Å². The van der Waals surface area contributed by atoms with Crippen LogP contribution in [0.2, 0.25) is 0 Å². The molecular weight excluding hydrogens is 419 g/mol. The molecule has 0 atom stereocenters. The van der Waals surface area contributed by atoms with Crippen LogP contribution in [-0.4, -0.2) is 57.4 Å². The van der Waals surface area contributed by atoms with Crippen molar-refractivity contribution in [1.82, 2.24) is 14.9 Å². The second-order valence-corrected chi connectivity index (χ2v) is 9.70. The molecule has 0 amide bonds. The zero-order valence-electron chi connectivity index (χ0n) is 17.5. The van der Waals surface area contributed by atoms with E-state index in [-0.39, 0.29) is 10.4 Å². The SMILES string of the molecule is COc1ccccc1CNC1=NCCNC12CCN(S(=O)(=O)c1ccc(F)cc1)CC2. The highest BCUT2D eigenvalue weighted by molar-refractivity contribution is 7.89. The lowest BCUT2D eigenvalue weighted by molar-refractivity contribution is 0.241. The maximum atomic E-state index is 13.2. The number of aliphatic imine (C=N–C) groups is 1. The smallest absolute Gasteiger partial charge is 0.243 e. The maximum absolute atomic E-state index is 13.2. The van der Waals surface area contributed by atoms with Crippen LogP contribution in [0.3, 0.4) is 0 Å². The fourth-order valence-electron chi connectivity index (χ4n) is 4.23. The predicted molar refractivity (Wildman–Crippen MR) is 117 cm³/mol. The number of para-hydroxylation sites is 1. The number of piperidine rings is 1. The van der Waals surface area contributed by atoms with E-state index in [1.807, 2.05) is 24.3 Å². The number of hydrogen-bond acceptors (Lipinski definition) is 6. The first-order valence-electron chi connectivity index (χ1n) is 10.4. The van der Waals surface area contributed by atoms with Crippen molar-refractivity contribution in [3.8, 4) is 5.75 Å². The average molecular weight is 447 g/mol. The van der Waals surface area contributed by atoms with E-state index < -0.39 is 15.8 Å². The van der Waals surface area contributed by atoms with Gasteiger partial charge in [-0.1, -0.05) is 18.2 Å². The fraction of sp³-hybridized carbons (Fsp3) is 0.409. The number of amidine groups is 1. The number of nitrogens with one attached hydrogen (secondary N) is 2. The number of hydrogen-bond donors (Lipinski definition) is 2. The Morgan fingerprint density at radius 3 is 2.58 bits per heavy atom. The lowest BCUT2D eigenvalue weighted by Crippen LogP contribution is -2.64. The quantitative estimate of drug-likeness (QED) is 0.736. The van der Waals surface area contributed by atoms with E-state index in [0.29, 0.717) is 39.0 Å². The summed E-state index contributed by atoms with van der Waals surface area (Å²) >= 11 is 0. The molecule has 0 aromatic heterocycles. The summed E-state index contributed by atoms with van der Waals surface area (Å²) in [6.45, 7) is 2.73. The monoisotopic (exact) mass is 446 g/mol. The predicted octanol–water partition coefficient (Wildman–Crippen LogP) is 2.15. The molecule has 1 saturated heterocycles. The third-order valence-corrected chi connectivity index (χ3v) is 7.88. The van der Waals surface area contributed by atoms with Gasteiger partial charge in [0.25, 0.3) is 0 Å². The van der Waals surface area contributed by atoms with Gasteiger partial charge in [-0.05, 0) is 43.2 Å². The van der Waals surface area contributed by atoms with Gasteiger partial charge in [0.15, 0.2) is 0 Å². The summed E-state index contributed by atoms with van der Waals surface area (Å²) in [7, 11) is -2.00. The van der Waals surface area contributed by atoms with Gasteiger partial charge < -0.3 is 15.4 Å². The average Bonchev–Trinajstić information content (AvgIpc) is 2.79. The van der Waals surface area contributed by atoms with Gasteiger partial charge in [0.05, 0.1) is 24.1 Å². The Hall–Kier alpha value is -2.49. The summed E-state index contributed by atoms with van der Waals surface area (Å²) in [6, 6.07) is 12.8. The molecule has 2 aromatic rings. The first kappa shape index (κ1) is 21.7. The minimum atomic E-state index is -3.65. The number of ether oxygens (including phenoxy) is 1. The van der Waals surface area contributed by atoms with Crippen LogP contribution in [0.25, 0.3) is 0 Å². The van der Waals surface area contributed by atoms with Gasteiger partial charge in [0.1, 0.15) is 17.4 Å². The number of rotatable bonds is 5. The molecule has 0 bridgehead atoms. The van der Waals surface area contributed by atoms with Crippen LogP contribution in [0.4, 0.5) is 4.39 Å². The van der Waals surface area contributed by atoms with Gasteiger partial charge in [0.2, 0.25) is 10.0 Å². The van der Waals surface area contributed by atoms with Gasteiger partial charge in [-0.2, -0.15) is 4.31 Å². The van der Waals surface area contributed by atoms with E-state index in [4.69, 9.17) is 9.73 Å². The molecule has 2 aromatic carbocycles. The highest BCUT2D eigenvalue weighted by atomic mass is 32.2. The molecule has 0 saturated carbocycles. The van der Waals surface area contributed by atoms with Crippen LogP contribution >= 0.6 is 0 Å². The van der Waals surface area contributed by atoms with E-state index in [1.165, 1.54) is 28.6 Å². The van der Waals surface area contributed by atoms with Gasteiger partial charge in [-0.3, -0.25) is 4.99 Å². The Morgan fingerprint density at radius 2 is 1.87 bits per heavy atom. The van der Waals surface area contributed by atoms with Crippen molar-refractivity contribution in [1.29, 1.82) is 0 Å². The molecule has 1 fully saturated rings. The van der Waals surface area contributed by atoms with Crippen molar-refractivity contribution in [3.63, 3.8) is 0 Å². The summed E-state index contributed by atoms with van der Waals surface area (Å²) < 4.78 is 46.0. The molecule has 2 aliphatic rings. The molecule has 4 rings (SSSR count). The normalized spacial score (nSPS) is 19.1. The van der Waals surface area contributed by atoms with Crippen LogP contribution in [-0.2, 0) is 16.6 Å². The summed E-state index contributed by atoms with van der Waals surface area (Å²) in [5, 5.41) is 7.04. The van der Waals surface area contributed by atoms with E-state index in [1.54, 1.807) is 7.11 Å². The molecule has 2 N–H and O–H groups in total. The first-order chi connectivity index (χ1) is 14.9. The highest BCUT2D eigenvalue weighted by Crippen LogP contribution is 2.29. The van der Waals surface area contributed by atoms with Gasteiger partial charge in [-0.15, -0.1) is 0 Å². The Bertz CT molecular complexity index is 1050. The van der Waals surface area contributed by atoms with Gasteiger partial charge >= 0.3 is 0 Å². The van der Waals surface area contributed by atoms with Crippen LogP contribution in [0.15, 0.2) is 58.4 Å². The van der Waals surface area contributed by atoms with Crippen molar-refractivity contribution in [3.05, 3.63) is 59.9 Å². The van der Waals surface area contributed by atoms with E-state index in [0.717, 1.165) is 23.7 Å². The van der Waals surface area contributed by atoms with Crippen molar-refractivity contribution < 1.29 is 17.5 Å². The molecule has 166 valence electrons. The summed E-state index contributed by atoms with van der Waals surface area (Å²) in [4.78, 5) is 4.84. The first-order valence-corrected chi connectivity index (χ1v) is 11.8. The second kappa shape index (κ2) is 8.94. The Balaban J connectivity index is 1.46. The zero-order chi connectivity index (χ0) is 21.9. The molecule has 0 radical (unpaired) electrons. The summed E-state index contributed by atoms with van der Waals surface area (Å²) in [5.41, 5.74) is 0.652. The largest absolute Gasteiger partial charge is 0.496 e. The lowest BCUT2D eigenvalue weighted by Gasteiger charge is -2.44. The lowest BCUT2D eigenvalue weighted by atomic mass is 9.85. The van der Waals surface area contributed by atoms with Crippen molar-refractivity contribution in [2.45, 2.75) is 29.8 Å². The molecule has 0 unspecified atom stereocenters. The standard InChI is InChI=1S/C22H27FN4O3S/c1-30-20-5-3-2-4-17(20)16-25-21-22(26-13-12-24-21)10-14-27(15-11-22)31(28,29)19-8-6-18(23)7-9-19/h2-9,26H,10-16H2,1H3,(H,24,25). The molecule has 7 nitrogen and oxygen atoms in total. The van der Waals surface area contributed by atoms with Gasteiger partial charge in [-0.25, -0.2) is 12.8 Å². The van der Waals surface area contributed by atoms with Crippen LogP contribution in [0, 0.1) is 5.82 Å². The number of sulfonamides is 1. The summed E-state index contributed by atoms with van der Waals surface area (Å²) in [6.07, 6.45) is 1.20. The van der Waals surface area contributed by atoms with E-state index >= 15 is 0 Å². The Labute approximate surface area is 182 Å². The Morgan fingerprint density at radius 1 is 1.16 bits per heavy atom. The minimum absolute atomic E-state index is 0.115.